The molecule has 0 amide bonds. The minimum atomic E-state index is 0.964. The van der Waals surface area contributed by atoms with Crippen LogP contribution in [0, 0.1) is 0 Å². The van der Waals surface area contributed by atoms with E-state index in [2.05, 4.69) is 23.2 Å². The van der Waals surface area contributed by atoms with Crippen molar-refractivity contribution in [3.05, 3.63) is 36.3 Å². The first kappa shape index (κ1) is 7.97. The Morgan fingerprint density at radius 1 is 1.50 bits per heavy atom. The molecule has 12 heavy (non-hydrogen) atoms. The summed E-state index contributed by atoms with van der Waals surface area (Å²) in [6.45, 7) is 0. The van der Waals surface area contributed by atoms with Gasteiger partial charge in [-0.15, -0.1) is 3.82 Å². The third-order valence-electron chi connectivity index (χ3n) is 1.41. The van der Waals surface area contributed by atoms with E-state index in [1.165, 1.54) is 11.9 Å². The summed E-state index contributed by atoms with van der Waals surface area (Å²) in [5, 5.41) is 0. The molecule has 0 radical (unpaired) electrons. The van der Waals surface area contributed by atoms with Crippen LogP contribution in [0.3, 0.4) is 0 Å². The van der Waals surface area contributed by atoms with Gasteiger partial charge in [0.15, 0.2) is 0 Å². The molecule has 0 saturated heterocycles. The van der Waals surface area contributed by atoms with Gasteiger partial charge in [-0.25, -0.2) is 0 Å². The van der Waals surface area contributed by atoms with Crippen LogP contribution in [-0.2, 0) is 0 Å². The molecule has 3 nitrogen and oxygen atoms in total. The highest BCUT2D eigenvalue weighted by atomic mass is 32.2. The molecule has 1 aromatic rings. The van der Waals surface area contributed by atoms with E-state index in [1.807, 2.05) is 24.4 Å². The summed E-state index contributed by atoms with van der Waals surface area (Å²) >= 11 is 5.61. The van der Waals surface area contributed by atoms with Crippen LogP contribution >= 0.6 is 24.8 Å². The van der Waals surface area contributed by atoms with E-state index in [9.17, 15) is 0 Å². The fraction of sp³-hybridized carbons (Fsp3) is 0. The van der Waals surface area contributed by atoms with Crippen molar-refractivity contribution in [3.8, 4) is 0 Å². The summed E-state index contributed by atoms with van der Waals surface area (Å²) in [5.41, 5.74) is 3.89. The molecule has 0 bridgehead atoms. The van der Waals surface area contributed by atoms with Gasteiger partial charge in [-0.05, 0) is 24.1 Å². The van der Waals surface area contributed by atoms with Crippen LogP contribution in [0.5, 0.6) is 0 Å². The molecule has 5 heteroatoms. The monoisotopic (exact) mass is 197 g/mol. The second-order valence-electron chi connectivity index (χ2n) is 2.22. The molecular formula is C7H7N3S2. The number of hydrogen-bond donors (Lipinski definition) is 2. The first-order valence-corrected chi connectivity index (χ1v) is 4.58. The number of hydrogen-bond acceptors (Lipinski definition) is 5. The molecule has 1 aliphatic rings. The first-order chi connectivity index (χ1) is 5.86. The molecule has 0 atom stereocenters. The summed E-state index contributed by atoms with van der Waals surface area (Å²) < 4.78 is 1.63. The summed E-state index contributed by atoms with van der Waals surface area (Å²) in [5.74, 6) is 0. The van der Waals surface area contributed by atoms with Gasteiger partial charge < -0.3 is 5.43 Å². The van der Waals surface area contributed by atoms with Gasteiger partial charge in [-0.2, -0.15) is 0 Å². The Hall–Kier alpha value is -0.650. The Balaban J connectivity index is 2.22. The molecule has 2 heterocycles. The van der Waals surface area contributed by atoms with Crippen molar-refractivity contribution in [3.63, 3.8) is 0 Å². The average Bonchev–Trinajstić information content (AvgIpc) is 2.54. The van der Waals surface area contributed by atoms with E-state index < -0.39 is 0 Å². The maximum atomic E-state index is 4.21. The highest BCUT2D eigenvalue weighted by Gasteiger charge is 2.13. The van der Waals surface area contributed by atoms with Gasteiger partial charge >= 0.3 is 0 Å². The lowest BCUT2D eigenvalue weighted by Gasteiger charge is -2.03. The minimum Gasteiger partial charge on any atom is -0.306 e. The molecule has 1 aromatic heterocycles. The highest BCUT2D eigenvalue weighted by molar-refractivity contribution is 8.12. The molecule has 0 spiro atoms. The summed E-state index contributed by atoms with van der Waals surface area (Å²) in [7, 11) is 0. The fourth-order valence-corrected chi connectivity index (χ4v) is 1.82. The fourth-order valence-electron chi connectivity index (χ4n) is 0.889. The Kier molecular flexibility index (Phi) is 2.25. The van der Waals surface area contributed by atoms with Crippen molar-refractivity contribution in [1.82, 2.24) is 14.2 Å². The number of rotatable bonds is 1. The van der Waals surface area contributed by atoms with Crippen LogP contribution in [0.15, 0.2) is 30.6 Å². The van der Waals surface area contributed by atoms with Gasteiger partial charge in [0.1, 0.15) is 0 Å². The zero-order valence-electron chi connectivity index (χ0n) is 6.14. The second-order valence-corrected chi connectivity index (χ2v) is 3.88. The van der Waals surface area contributed by atoms with E-state index in [4.69, 9.17) is 0 Å². The zero-order valence-corrected chi connectivity index (χ0v) is 7.85. The normalized spacial score (nSPS) is 17.2. The van der Waals surface area contributed by atoms with Crippen molar-refractivity contribution in [2.24, 2.45) is 0 Å². The summed E-state index contributed by atoms with van der Waals surface area (Å²) in [6.07, 6.45) is 3.65. The Morgan fingerprint density at radius 2 is 2.42 bits per heavy atom. The quantitative estimate of drug-likeness (QED) is 0.529. The molecule has 1 N–H and O–H groups in total. The largest absolute Gasteiger partial charge is 0.306 e. The van der Waals surface area contributed by atoms with E-state index >= 15 is 0 Å². The lowest BCUT2D eigenvalue weighted by molar-refractivity contribution is 0.676. The third-order valence-corrected chi connectivity index (χ3v) is 2.57. The Labute approximate surface area is 80.5 Å². The van der Waals surface area contributed by atoms with Gasteiger partial charge in [-0.1, -0.05) is 18.9 Å². The molecular weight excluding hydrogens is 190 g/mol. The van der Waals surface area contributed by atoms with Crippen LogP contribution in [0.1, 0.15) is 5.69 Å². The second kappa shape index (κ2) is 3.38. The molecule has 0 saturated carbocycles. The van der Waals surface area contributed by atoms with E-state index in [-0.39, 0.29) is 0 Å². The van der Waals surface area contributed by atoms with E-state index in [0.717, 1.165) is 10.6 Å². The molecule has 0 unspecified atom stereocenters. The SMILES string of the molecule is SN1NC=C(c2ccccn2)S1. The van der Waals surface area contributed by atoms with Gasteiger partial charge in [0.2, 0.25) is 0 Å². The lowest BCUT2D eigenvalue weighted by Crippen LogP contribution is -2.10. The number of nitrogens with zero attached hydrogens (tertiary/aromatic N) is 2. The molecule has 0 aliphatic carbocycles. The molecule has 0 aromatic carbocycles. The molecule has 0 fully saturated rings. The van der Waals surface area contributed by atoms with Crippen LogP contribution in [0.2, 0.25) is 0 Å². The smallest absolute Gasteiger partial charge is 0.0794 e. The highest BCUT2D eigenvalue weighted by Crippen LogP contribution is 2.32. The molecule has 1 aliphatic heterocycles. The van der Waals surface area contributed by atoms with E-state index in [0.29, 0.717) is 0 Å². The van der Waals surface area contributed by atoms with Gasteiger partial charge in [-0.3, -0.25) is 4.98 Å². The van der Waals surface area contributed by atoms with Crippen LogP contribution < -0.4 is 5.43 Å². The average molecular weight is 197 g/mol. The number of aromatic nitrogens is 1. The summed E-state index contributed by atoms with van der Waals surface area (Å²) in [6, 6.07) is 5.83. The predicted octanol–water partition coefficient (Wildman–Crippen LogP) is 1.69. The topological polar surface area (TPSA) is 28.2 Å². The van der Waals surface area contributed by atoms with Crippen molar-refractivity contribution in [1.29, 1.82) is 0 Å². The van der Waals surface area contributed by atoms with Crippen LogP contribution in [0.4, 0.5) is 0 Å². The minimum absolute atomic E-state index is 0.964. The Bertz CT molecular complexity index is 299. The first-order valence-electron chi connectivity index (χ1n) is 3.41. The maximum absolute atomic E-state index is 4.21. The zero-order chi connectivity index (χ0) is 8.39. The van der Waals surface area contributed by atoms with Crippen molar-refractivity contribution in [2.75, 3.05) is 0 Å². The van der Waals surface area contributed by atoms with Crippen molar-refractivity contribution in [2.45, 2.75) is 0 Å². The maximum Gasteiger partial charge on any atom is 0.0794 e. The van der Waals surface area contributed by atoms with Crippen molar-refractivity contribution < 1.29 is 0 Å². The van der Waals surface area contributed by atoms with Gasteiger partial charge in [0.05, 0.1) is 10.6 Å². The lowest BCUT2D eigenvalue weighted by atomic mass is 10.3. The van der Waals surface area contributed by atoms with Gasteiger partial charge in [0.25, 0.3) is 0 Å². The third kappa shape index (κ3) is 1.57. The number of pyridine rings is 1. The van der Waals surface area contributed by atoms with Crippen molar-refractivity contribution >= 4 is 29.7 Å². The standard InChI is InChI=1S/C7H7N3S2/c11-10-9-5-7(12-10)6-3-1-2-4-8-6/h1-5,9,11H. The van der Waals surface area contributed by atoms with Gasteiger partial charge in [0, 0.05) is 12.4 Å². The number of thiol groups is 1. The van der Waals surface area contributed by atoms with Crippen LogP contribution in [0.25, 0.3) is 4.91 Å². The number of nitrogens with one attached hydrogen (secondary N) is 1. The Morgan fingerprint density at radius 3 is 3.00 bits per heavy atom. The van der Waals surface area contributed by atoms with Crippen LogP contribution in [-0.4, -0.2) is 8.80 Å². The molecule has 62 valence electrons. The summed E-state index contributed by atoms with van der Waals surface area (Å²) in [4.78, 5) is 5.28. The molecule has 2 rings (SSSR count). The predicted molar refractivity (Wildman–Crippen MR) is 53.8 cm³/mol. The van der Waals surface area contributed by atoms with E-state index in [1.54, 1.807) is 10.0 Å². The number of hydrazine groups is 1.